The van der Waals surface area contributed by atoms with Crippen LogP contribution in [0.4, 0.5) is 0 Å². The Bertz CT molecular complexity index is 171. The van der Waals surface area contributed by atoms with Gasteiger partial charge in [-0.25, -0.2) is 4.84 Å². The molecule has 2 N–H and O–H groups in total. The second-order valence-corrected chi connectivity index (χ2v) is 4.72. The standard InChI is InChI=1S/C10H21NO3/c1-7(2)9-5-4-8(3)6-10(9)14-11(12)13/h7-10,12-13H,4-6H2,1-3H3/t8-,9+,10?/m1/s1. The van der Waals surface area contributed by atoms with Crippen molar-refractivity contribution in [3.63, 3.8) is 0 Å². The second kappa shape index (κ2) is 5.07. The van der Waals surface area contributed by atoms with Crippen molar-refractivity contribution in [2.45, 2.75) is 46.1 Å². The van der Waals surface area contributed by atoms with E-state index >= 15 is 0 Å². The van der Waals surface area contributed by atoms with E-state index in [-0.39, 0.29) is 11.5 Å². The van der Waals surface area contributed by atoms with E-state index in [4.69, 9.17) is 15.3 Å². The third kappa shape index (κ3) is 3.20. The van der Waals surface area contributed by atoms with Crippen LogP contribution in [0.15, 0.2) is 0 Å². The molecule has 1 aliphatic carbocycles. The summed E-state index contributed by atoms with van der Waals surface area (Å²) in [6, 6.07) is 0. The van der Waals surface area contributed by atoms with Gasteiger partial charge in [0.1, 0.15) is 0 Å². The lowest BCUT2D eigenvalue weighted by molar-refractivity contribution is -0.510. The summed E-state index contributed by atoms with van der Waals surface area (Å²) in [5.41, 5.74) is 0. The van der Waals surface area contributed by atoms with Gasteiger partial charge in [0, 0.05) is 0 Å². The molecule has 0 radical (unpaired) electrons. The molecular formula is C10H21NO3. The van der Waals surface area contributed by atoms with Gasteiger partial charge in [-0.05, 0) is 30.6 Å². The van der Waals surface area contributed by atoms with Gasteiger partial charge >= 0.3 is 0 Å². The fourth-order valence-corrected chi connectivity index (χ4v) is 2.36. The predicted octanol–water partition coefficient (Wildman–Crippen LogP) is 2.46. The van der Waals surface area contributed by atoms with Crippen LogP contribution in [-0.2, 0) is 4.84 Å². The summed E-state index contributed by atoms with van der Waals surface area (Å²) >= 11 is 0. The lowest BCUT2D eigenvalue weighted by atomic mass is 9.75. The zero-order chi connectivity index (χ0) is 10.7. The van der Waals surface area contributed by atoms with Crippen LogP contribution in [0, 0.1) is 17.8 Å². The van der Waals surface area contributed by atoms with E-state index in [9.17, 15) is 0 Å². The predicted molar refractivity (Wildman–Crippen MR) is 51.6 cm³/mol. The van der Waals surface area contributed by atoms with Crippen LogP contribution < -0.4 is 0 Å². The van der Waals surface area contributed by atoms with Gasteiger partial charge in [0.15, 0.2) is 0 Å². The number of rotatable bonds is 3. The van der Waals surface area contributed by atoms with Crippen LogP contribution >= 0.6 is 0 Å². The smallest absolute Gasteiger partial charge is 0.0877 e. The summed E-state index contributed by atoms with van der Waals surface area (Å²) in [5.74, 6) is 1.55. The molecule has 0 amide bonds. The molecule has 4 heteroatoms. The fraction of sp³-hybridized carbons (Fsp3) is 1.00. The molecule has 1 fully saturated rings. The van der Waals surface area contributed by atoms with Crippen LogP contribution in [-0.4, -0.2) is 21.9 Å². The molecule has 0 saturated heterocycles. The molecule has 1 aliphatic rings. The van der Waals surface area contributed by atoms with Gasteiger partial charge in [-0.3, -0.25) is 10.4 Å². The minimum atomic E-state index is -0.141. The van der Waals surface area contributed by atoms with Crippen LogP contribution in [0.2, 0.25) is 0 Å². The van der Waals surface area contributed by atoms with Crippen molar-refractivity contribution in [2.24, 2.45) is 17.8 Å². The molecule has 0 bridgehead atoms. The average Bonchev–Trinajstić information content (AvgIpc) is 2.01. The lowest BCUT2D eigenvalue weighted by Gasteiger charge is -2.36. The highest BCUT2D eigenvalue weighted by molar-refractivity contribution is 4.80. The maximum Gasteiger partial charge on any atom is 0.0877 e. The SMILES string of the molecule is CC(C)[C@@H]1CC[C@@H](C)CC1ON(O)O. The summed E-state index contributed by atoms with van der Waals surface area (Å²) in [7, 11) is 0. The normalized spacial score (nSPS) is 34.1. The zero-order valence-corrected chi connectivity index (χ0v) is 9.18. The van der Waals surface area contributed by atoms with Gasteiger partial charge in [0.05, 0.1) is 11.5 Å². The van der Waals surface area contributed by atoms with E-state index in [2.05, 4.69) is 20.8 Å². The first kappa shape index (κ1) is 11.9. The topological polar surface area (TPSA) is 52.9 Å². The van der Waals surface area contributed by atoms with Gasteiger partial charge in [-0.15, -0.1) is 0 Å². The average molecular weight is 203 g/mol. The molecule has 0 aromatic rings. The summed E-state index contributed by atoms with van der Waals surface area (Å²) in [6.07, 6.45) is 3.16. The maximum absolute atomic E-state index is 8.66. The monoisotopic (exact) mass is 203 g/mol. The first-order valence-corrected chi connectivity index (χ1v) is 5.35. The highest BCUT2D eigenvalue weighted by Gasteiger charge is 2.32. The van der Waals surface area contributed by atoms with Crippen molar-refractivity contribution >= 4 is 0 Å². The van der Waals surface area contributed by atoms with Gasteiger partial charge in [0.2, 0.25) is 0 Å². The molecule has 0 aliphatic heterocycles. The molecule has 0 aromatic heterocycles. The van der Waals surface area contributed by atoms with E-state index in [1.165, 1.54) is 6.42 Å². The van der Waals surface area contributed by atoms with Crippen molar-refractivity contribution in [3.05, 3.63) is 0 Å². The quantitative estimate of drug-likeness (QED) is 0.692. The van der Waals surface area contributed by atoms with Gasteiger partial charge in [-0.2, -0.15) is 0 Å². The Kier molecular flexibility index (Phi) is 4.31. The van der Waals surface area contributed by atoms with Crippen molar-refractivity contribution in [2.75, 3.05) is 0 Å². The minimum absolute atomic E-state index is 0.0613. The van der Waals surface area contributed by atoms with Gasteiger partial charge in [0.25, 0.3) is 0 Å². The Morgan fingerprint density at radius 2 is 1.93 bits per heavy atom. The fourth-order valence-electron chi connectivity index (χ4n) is 2.36. The number of hydrogen-bond donors (Lipinski definition) is 2. The molecule has 84 valence electrons. The van der Waals surface area contributed by atoms with E-state index in [1.807, 2.05) is 0 Å². The molecule has 0 spiro atoms. The Labute approximate surface area is 85.3 Å². The van der Waals surface area contributed by atoms with Gasteiger partial charge < -0.3 is 0 Å². The van der Waals surface area contributed by atoms with Crippen LogP contribution in [0.25, 0.3) is 0 Å². The molecule has 1 rings (SSSR count). The molecule has 4 nitrogen and oxygen atoms in total. The third-order valence-corrected chi connectivity index (χ3v) is 3.19. The van der Waals surface area contributed by atoms with E-state index < -0.39 is 0 Å². The summed E-state index contributed by atoms with van der Waals surface area (Å²) in [5, 5.41) is 17.2. The van der Waals surface area contributed by atoms with Crippen LogP contribution in [0.5, 0.6) is 0 Å². The first-order chi connectivity index (χ1) is 6.50. The lowest BCUT2D eigenvalue weighted by Crippen LogP contribution is -2.37. The Hall–Kier alpha value is -0.160. The molecule has 14 heavy (non-hydrogen) atoms. The van der Waals surface area contributed by atoms with Crippen LogP contribution in [0.3, 0.4) is 0 Å². The second-order valence-electron chi connectivity index (χ2n) is 4.72. The Morgan fingerprint density at radius 1 is 1.29 bits per heavy atom. The van der Waals surface area contributed by atoms with Crippen molar-refractivity contribution in [3.8, 4) is 0 Å². The zero-order valence-electron chi connectivity index (χ0n) is 9.18. The summed E-state index contributed by atoms with van der Waals surface area (Å²) in [4.78, 5) is 4.98. The van der Waals surface area contributed by atoms with E-state index in [0.29, 0.717) is 17.8 Å². The molecule has 0 heterocycles. The Morgan fingerprint density at radius 3 is 2.43 bits per heavy atom. The highest BCUT2D eigenvalue weighted by atomic mass is 17.1. The number of nitrogens with zero attached hydrogens (tertiary/aromatic N) is 1. The largest absolute Gasteiger partial charge is 0.266 e. The van der Waals surface area contributed by atoms with Gasteiger partial charge in [-0.1, -0.05) is 27.2 Å². The maximum atomic E-state index is 8.66. The molecule has 1 saturated carbocycles. The van der Waals surface area contributed by atoms with E-state index in [1.54, 1.807) is 0 Å². The van der Waals surface area contributed by atoms with Crippen LogP contribution in [0.1, 0.15) is 40.0 Å². The van der Waals surface area contributed by atoms with Crippen molar-refractivity contribution < 1.29 is 15.3 Å². The highest BCUT2D eigenvalue weighted by Crippen LogP contribution is 2.35. The minimum Gasteiger partial charge on any atom is -0.266 e. The third-order valence-electron chi connectivity index (χ3n) is 3.19. The molecule has 0 aromatic carbocycles. The molecule has 3 atom stereocenters. The summed E-state index contributed by atoms with van der Waals surface area (Å²) in [6.45, 7) is 6.47. The van der Waals surface area contributed by atoms with Crippen molar-refractivity contribution in [1.29, 1.82) is 0 Å². The Balaban J connectivity index is 2.54. The van der Waals surface area contributed by atoms with E-state index in [0.717, 1.165) is 12.8 Å². The summed E-state index contributed by atoms with van der Waals surface area (Å²) < 4.78 is 0. The first-order valence-electron chi connectivity index (χ1n) is 5.35. The van der Waals surface area contributed by atoms with Crippen molar-refractivity contribution in [1.82, 2.24) is 5.39 Å². The molecule has 1 unspecified atom stereocenters. The molecular weight excluding hydrogens is 182 g/mol. The number of hydrogen-bond acceptors (Lipinski definition) is 4.